The van der Waals surface area contributed by atoms with E-state index in [0.29, 0.717) is 11.3 Å². The molecule has 0 heterocycles. The molecular formula is C17H18NO6S-. The van der Waals surface area contributed by atoms with Gasteiger partial charge in [0.25, 0.3) is 0 Å². The van der Waals surface area contributed by atoms with Crippen LogP contribution >= 0.6 is 0 Å². The van der Waals surface area contributed by atoms with Crippen molar-refractivity contribution >= 4 is 16.0 Å². The van der Waals surface area contributed by atoms with E-state index in [2.05, 4.69) is 4.72 Å². The van der Waals surface area contributed by atoms with E-state index in [1.165, 1.54) is 32.4 Å². The molecule has 7 nitrogen and oxygen atoms in total. The summed E-state index contributed by atoms with van der Waals surface area (Å²) in [5.41, 5.74) is 0.664. The lowest BCUT2D eigenvalue weighted by Gasteiger charge is -2.21. The molecule has 0 saturated carbocycles. The third kappa shape index (κ3) is 4.71. The van der Waals surface area contributed by atoms with Crippen molar-refractivity contribution in [2.75, 3.05) is 14.2 Å². The van der Waals surface area contributed by atoms with Gasteiger partial charge in [0, 0.05) is 6.07 Å². The third-order valence-corrected chi connectivity index (χ3v) is 5.02. The topological polar surface area (TPSA) is 105 Å². The molecule has 0 saturated heterocycles. The number of sulfonamides is 1. The number of carbonyl (C=O) groups is 1. The maximum absolute atomic E-state index is 12.6. The molecule has 0 bridgehead atoms. The fourth-order valence-corrected chi connectivity index (χ4v) is 3.64. The number of hydrogen-bond donors (Lipinski definition) is 1. The Kier molecular flexibility index (Phi) is 6.00. The summed E-state index contributed by atoms with van der Waals surface area (Å²) in [5, 5.41) is 11.4. The van der Waals surface area contributed by atoms with Gasteiger partial charge in [-0.1, -0.05) is 30.3 Å². The molecule has 0 aliphatic heterocycles. The molecule has 0 amide bonds. The van der Waals surface area contributed by atoms with Crippen LogP contribution in [-0.4, -0.2) is 34.6 Å². The van der Waals surface area contributed by atoms with Crippen molar-refractivity contribution in [2.24, 2.45) is 0 Å². The van der Waals surface area contributed by atoms with Crippen LogP contribution in [0.5, 0.6) is 11.5 Å². The maximum atomic E-state index is 12.6. The van der Waals surface area contributed by atoms with Crippen molar-refractivity contribution in [3.05, 3.63) is 54.1 Å². The van der Waals surface area contributed by atoms with Gasteiger partial charge in [0.1, 0.15) is 16.4 Å². The standard InChI is InChI=1S/C17H19NO6S/c1-23-13-8-9-15(24-2)16(11-13)25(21,22)18-14(17(19)20)10-12-6-4-3-5-7-12/h3-9,11,14,18H,10H2,1-2H3,(H,19,20)/p-1/t14-/m0/s1. The normalized spacial score (nSPS) is 12.4. The zero-order valence-corrected chi connectivity index (χ0v) is 14.6. The molecule has 0 radical (unpaired) electrons. The van der Waals surface area contributed by atoms with Gasteiger partial charge in [-0.25, -0.2) is 13.1 Å². The SMILES string of the molecule is COc1ccc(OC)c(S(=O)(=O)N[C@@H](Cc2ccccc2)C(=O)[O-])c1. The average Bonchev–Trinajstić information content (AvgIpc) is 2.61. The number of methoxy groups -OCH3 is 2. The molecule has 0 aliphatic rings. The lowest BCUT2D eigenvalue weighted by molar-refractivity contribution is -0.307. The summed E-state index contributed by atoms with van der Waals surface area (Å²) in [5.74, 6) is -1.14. The van der Waals surface area contributed by atoms with Crippen LogP contribution in [-0.2, 0) is 21.2 Å². The second-order valence-corrected chi connectivity index (χ2v) is 6.88. The van der Waals surface area contributed by atoms with Gasteiger partial charge in [-0.2, -0.15) is 0 Å². The average molecular weight is 364 g/mol. The van der Waals surface area contributed by atoms with Crippen molar-refractivity contribution in [1.82, 2.24) is 4.72 Å². The first-order chi connectivity index (χ1) is 11.9. The monoisotopic (exact) mass is 364 g/mol. The minimum Gasteiger partial charge on any atom is -0.548 e. The number of carbonyl (C=O) groups excluding carboxylic acids is 1. The molecule has 0 aliphatic carbocycles. The lowest BCUT2D eigenvalue weighted by Crippen LogP contribution is -2.49. The largest absolute Gasteiger partial charge is 0.548 e. The quantitative estimate of drug-likeness (QED) is 0.724. The van der Waals surface area contributed by atoms with Crippen LogP contribution in [0.1, 0.15) is 5.56 Å². The molecule has 0 aromatic heterocycles. The van der Waals surface area contributed by atoms with E-state index < -0.39 is 22.0 Å². The molecule has 0 fully saturated rings. The summed E-state index contributed by atoms with van der Waals surface area (Å²) in [7, 11) is -1.46. The zero-order chi connectivity index (χ0) is 18.4. The summed E-state index contributed by atoms with van der Waals surface area (Å²) in [6.07, 6.45) is -0.0469. The zero-order valence-electron chi connectivity index (χ0n) is 13.8. The summed E-state index contributed by atoms with van der Waals surface area (Å²) in [6.45, 7) is 0. The van der Waals surface area contributed by atoms with Crippen LogP contribution in [0.4, 0.5) is 0 Å². The second kappa shape index (κ2) is 8.00. The molecule has 8 heteroatoms. The molecule has 0 spiro atoms. The first-order valence-corrected chi connectivity index (χ1v) is 8.85. The van der Waals surface area contributed by atoms with Gasteiger partial charge >= 0.3 is 0 Å². The summed E-state index contributed by atoms with van der Waals surface area (Å²) in [4.78, 5) is 11.2. The Morgan fingerprint density at radius 2 is 1.80 bits per heavy atom. The Morgan fingerprint density at radius 3 is 2.36 bits per heavy atom. The van der Waals surface area contributed by atoms with E-state index in [1.54, 1.807) is 30.3 Å². The van der Waals surface area contributed by atoms with Crippen LogP contribution in [0, 0.1) is 0 Å². The molecule has 134 valence electrons. The van der Waals surface area contributed by atoms with E-state index in [1.807, 2.05) is 0 Å². The fourth-order valence-electron chi connectivity index (χ4n) is 2.27. The minimum atomic E-state index is -4.18. The van der Waals surface area contributed by atoms with Crippen LogP contribution in [0.25, 0.3) is 0 Å². The number of carboxylic acids is 1. The van der Waals surface area contributed by atoms with Crippen molar-refractivity contribution in [3.63, 3.8) is 0 Å². The molecule has 25 heavy (non-hydrogen) atoms. The van der Waals surface area contributed by atoms with E-state index >= 15 is 0 Å². The van der Waals surface area contributed by atoms with Crippen LogP contribution in [0.3, 0.4) is 0 Å². The molecule has 2 aromatic carbocycles. The second-order valence-electron chi connectivity index (χ2n) is 5.20. The molecule has 2 rings (SSSR count). The van der Waals surface area contributed by atoms with Gasteiger partial charge in [-0.05, 0) is 24.1 Å². The van der Waals surface area contributed by atoms with Gasteiger partial charge in [-0.15, -0.1) is 0 Å². The Morgan fingerprint density at radius 1 is 1.12 bits per heavy atom. The Hall–Kier alpha value is -2.58. The number of nitrogens with one attached hydrogen (secondary N) is 1. The number of rotatable bonds is 8. The van der Waals surface area contributed by atoms with Gasteiger partial charge in [0.05, 0.1) is 26.2 Å². The molecular weight excluding hydrogens is 346 g/mol. The van der Waals surface area contributed by atoms with E-state index in [4.69, 9.17) is 9.47 Å². The van der Waals surface area contributed by atoms with Crippen LogP contribution in [0.2, 0.25) is 0 Å². The summed E-state index contributed by atoms with van der Waals surface area (Å²) >= 11 is 0. The highest BCUT2D eigenvalue weighted by Gasteiger charge is 2.25. The number of hydrogen-bond acceptors (Lipinski definition) is 6. The molecule has 2 aromatic rings. The van der Waals surface area contributed by atoms with E-state index in [9.17, 15) is 18.3 Å². The first kappa shape index (κ1) is 18.8. The molecule has 0 unspecified atom stereocenters. The minimum absolute atomic E-state index is 0.0469. The summed E-state index contributed by atoms with van der Waals surface area (Å²) in [6, 6.07) is 11.5. The first-order valence-electron chi connectivity index (χ1n) is 7.36. The number of aliphatic carboxylic acids is 1. The third-order valence-electron chi connectivity index (χ3n) is 3.52. The highest BCUT2D eigenvalue weighted by atomic mass is 32.2. The number of carboxylic acid groups (broad SMARTS) is 1. The lowest BCUT2D eigenvalue weighted by atomic mass is 10.1. The Labute approximate surface area is 146 Å². The number of ether oxygens (including phenoxy) is 2. The number of benzene rings is 2. The van der Waals surface area contributed by atoms with Crippen molar-refractivity contribution < 1.29 is 27.8 Å². The van der Waals surface area contributed by atoms with Crippen molar-refractivity contribution in [1.29, 1.82) is 0 Å². The maximum Gasteiger partial charge on any atom is 0.245 e. The van der Waals surface area contributed by atoms with Crippen molar-refractivity contribution in [2.45, 2.75) is 17.4 Å². The predicted molar refractivity (Wildman–Crippen MR) is 88.8 cm³/mol. The van der Waals surface area contributed by atoms with Crippen molar-refractivity contribution in [3.8, 4) is 11.5 Å². The van der Waals surface area contributed by atoms with Crippen LogP contribution in [0.15, 0.2) is 53.4 Å². The van der Waals surface area contributed by atoms with Gasteiger partial charge in [0.2, 0.25) is 10.0 Å². The van der Waals surface area contributed by atoms with Crippen LogP contribution < -0.4 is 19.3 Å². The van der Waals surface area contributed by atoms with Gasteiger partial charge in [0.15, 0.2) is 0 Å². The molecule has 1 N–H and O–H groups in total. The summed E-state index contributed by atoms with van der Waals surface area (Å²) < 4.78 is 37.5. The van der Waals surface area contributed by atoms with Gasteiger partial charge in [-0.3, -0.25) is 0 Å². The smallest absolute Gasteiger partial charge is 0.245 e. The Balaban J connectivity index is 2.33. The highest BCUT2D eigenvalue weighted by Crippen LogP contribution is 2.28. The fraction of sp³-hybridized carbons (Fsp3) is 0.235. The highest BCUT2D eigenvalue weighted by molar-refractivity contribution is 7.89. The van der Waals surface area contributed by atoms with Gasteiger partial charge < -0.3 is 19.4 Å². The predicted octanol–water partition coefficient (Wildman–Crippen LogP) is 0.343. The van der Waals surface area contributed by atoms with E-state index in [-0.39, 0.29) is 17.1 Å². The Bertz CT molecular complexity index is 835. The van der Waals surface area contributed by atoms with E-state index in [0.717, 1.165) is 0 Å². The molecule has 1 atom stereocenters.